The Hall–Kier alpha value is -3.35. The van der Waals surface area contributed by atoms with Crippen molar-refractivity contribution in [2.75, 3.05) is 11.9 Å². The van der Waals surface area contributed by atoms with E-state index in [2.05, 4.69) is 15.8 Å². The maximum absolute atomic E-state index is 11.9. The average Bonchev–Trinajstić information content (AvgIpc) is 2.66. The number of hydrogen-bond acceptors (Lipinski definition) is 5. The van der Waals surface area contributed by atoms with Crippen molar-refractivity contribution in [3.8, 4) is 11.5 Å². The molecule has 0 heterocycles. The fourth-order valence-corrected chi connectivity index (χ4v) is 2.29. The molecule has 0 atom stereocenters. The van der Waals surface area contributed by atoms with Gasteiger partial charge in [-0.3, -0.25) is 9.59 Å². The maximum atomic E-state index is 11.9. The number of anilines is 1. The van der Waals surface area contributed by atoms with Crippen LogP contribution in [0.3, 0.4) is 0 Å². The summed E-state index contributed by atoms with van der Waals surface area (Å²) < 4.78 is 5.34. The van der Waals surface area contributed by atoms with E-state index in [1.54, 1.807) is 55.5 Å². The van der Waals surface area contributed by atoms with Crippen LogP contribution in [0.1, 0.15) is 32.3 Å². The van der Waals surface area contributed by atoms with Crippen molar-refractivity contribution in [1.82, 2.24) is 5.43 Å². The summed E-state index contributed by atoms with van der Waals surface area (Å²) in [6.07, 6.45) is 0.0324. The highest BCUT2D eigenvalue weighted by atomic mass is 16.5. The molecule has 2 aromatic rings. The van der Waals surface area contributed by atoms with Gasteiger partial charge in [-0.1, -0.05) is 12.1 Å². The third kappa shape index (κ3) is 6.47. The van der Waals surface area contributed by atoms with Crippen LogP contribution in [-0.2, 0) is 9.59 Å². The molecule has 2 aromatic carbocycles. The summed E-state index contributed by atoms with van der Waals surface area (Å²) in [6.45, 7) is 4.15. The van der Waals surface area contributed by atoms with Gasteiger partial charge < -0.3 is 15.2 Å². The topological polar surface area (TPSA) is 100 Å². The number of para-hydroxylation sites is 1. The first kappa shape index (κ1) is 20.0. The molecule has 0 fully saturated rings. The van der Waals surface area contributed by atoms with Gasteiger partial charge in [0.25, 0.3) is 0 Å². The molecule has 0 aliphatic carbocycles. The molecular weight excluding hydrogens is 346 g/mol. The largest absolute Gasteiger partial charge is 0.507 e. The van der Waals surface area contributed by atoms with Crippen LogP contribution in [0.25, 0.3) is 0 Å². The van der Waals surface area contributed by atoms with E-state index >= 15 is 0 Å². The minimum absolute atomic E-state index is 0.000411. The number of benzene rings is 2. The molecule has 2 rings (SSSR count). The number of phenolic OH excluding ortho intramolecular Hbond substituents is 1. The molecule has 7 heteroatoms. The van der Waals surface area contributed by atoms with E-state index in [0.717, 1.165) is 5.75 Å². The molecule has 0 bridgehead atoms. The first-order valence-electron chi connectivity index (χ1n) is 8.63. The average molecular weight is 369 g/mol. The highest BCUT2D eigenvalue weighted by molar-refractivity contribution is 6.01. The van der Waals surface area contributed by atoms with Crippen molar-refractivity contribution in [1.29, 1.82) is 0 Å². The molecular formula is C20H23N3O4. The fraction of sp³-hybridized carbons (Fsp3) is 0.250. The van der Waals surface area contributed by atoms with Crippen molar-refractivity contribution in [2.24, 2.45) is 5.10 Å². The van der Waals surface area contributed by atoms with E-state index in [1.165, 1.54) is 0 Å². The molecule has 7 nitrogen and oxygen atoms in total. The summed E-state index contributed by atoms with van der Waals surface area (Å²) in [5.74, 6) is 0.164. The van der Waals surface area contributed by atoms with Crippen LogP contribution in [-0.4, -0.2) is 29.2 Å². The molecule has 0 aliphatic heterocycles. The molecule has 27 heavy (non-hydrogen) atoms. The van der Waals surface area contributed by atoms with Crippen molar-refractivity contribution in [2.45, 2.75) is 26.7 Å². The number of hydrazone groups is 1. The molecule has 142 valence electrons. The van der Waals surface area contributed by atoms with Gasteiger partial charge in [0.2, 0.25) is 11.8 Å². The number of rotatable bonds is 8. The fourth-order valence-electron chi connectivity index (χ4n) is 2.29. The second-order valence-corrected chi connectivity index (χ2v) is 5.75. The van der Waals surface area contributed by atoms with Crippen LogP contribution in [0, 0.1) is 0 Å². The number of nitrogens with zero attached hydrogens (tertiary/aromatic N) is 1. The van der Waals surface area contributed by atoms with Crippen LogP contribution in [0.5, 0.6) is 11.5 Å². The summed E-state index contributed by atoms with van der Waals surface area (Å²) >= 11 is 0. The lowest BCUT2D eigenvalue weighted by Gasteiger charge is -2.07. The second-order valence-electron chi connectivity index (χ2n) is 5.75. The third-order valence-electron chi connectivity index (χ3n) is 3.67. The van der Waals surface area contributed by atoms with E-state index in [4.69, 9.17) is 4.74 Å². The Balaban J connectivity index is 1.78. The zero-order valence-corrected chi connectivity index (χ0v) is 15.4. The lowest BCUT2D eigenvalue weighted by Crippen LogP contribution is -2.21. The lowest BCUT2D eigenvalue weighted by atomic mass is 10.1. The zero-order chi connectivity index (χ0) is 19.6. The van der Waals surface area contributed by atoms with Gasteiger partial charge in [-0.05, 0) is 50.2 Å². The van der Waals surface area contributed by atoms with Crippen LogP contribution < -0.4 is 15.5 Å². The Morgan fingerprint density at radius 1 is 1.04 bits per heavy atom. The van der Waals surface area contributed by atoms with Gasteiger partial charge in [0, 0.05) is 24.1 Å². The Bertz CT molecular complexity index is 816. The lowest BCUT2D eigenvalue weighted by molar-refractivity contribution is -0.124. The first-order valence-corrected chi connectivity index (χ1v) is 8.63. The molecule has 0 saturated carbocycles. The van der Waals surface area contributed by atoms with E-state index in [0.29, 0.717) is 23.6 Å². The Labute approximate surface area is 158 Å². The number of hydrogen-bond donors (Lipinski definition) is 3. The minimum Gasteiger partial charge on any atom is -0.507 e. The summed E-state index contributed by atoms with van der Waals surface area (Å²) in [5, 5.41) is 16.4. The normalized spacial score (nSPS) is 11.0. The number of amides is 2. The molecule has 0 saturated heterocycles. The molecule has 2 amide bonds. The number of aromatic hydroxyl groups is 1. The Morgan fingerprint density at radius 2 is 1.70 bits per heavy atom. The highest BCUT2D eigenvalue weighted by Gasteiger charge is 2.08. The minimum atomic E-state index is -0.383. The molecule has 0 spiro atoms. The highest BCUT2D eigenvalue weighted by Crippen LogP contribution is 2.17. The summed E-state index contributed by atoms with van der Waals surface area (Å²) in [6, 6.07) is 13.7. The third-order valence-corrected chi connectivity index (χ3v) is 3.67. The molecule has 0 unspecified atom stereocenters. The van der Waals surface area contributed by atoms with Crippen LogP contribution >= 0.6 is 0 Å². The summed E-state index contributed by atoms with van der Waals surface area (Å²) in [5.41, 5.74) is 4.03. The molecule has 3 N–H and O–H groups in total. The number of ether oxygens (including phenoxy) is 1. The number of nitrogens with one attached hydrogen (secondary N) is 2. The number of carbonyl (C=O) groups excluding carboxylic acids is 2. The number of carbonyl (C=O) groups is 2. The maximum Gasteiger partial charge on any atom is 0.240 e. The van der Waals surface area contributed by atoms with Gasteiger partial charge in [-0.15, -0.1) is 0 Å². The van der Waals surface area contributed by atoms with Crippen LogP contribution in [0.15, 0.2) is 53.6 Å². The zero-order valence-electron chi connectivity index (χ0n) is 15.4. The Kier molecular flexibility index (Phi) is 7.37. The van der Waals surface area contributed by atoms with Gasteiger partial charge >= 0.3 is 0 Å². The van der Waals surface area contributed by atoms with E-state index < -0.39 is 0 Å². The van der Waals surface area contributed by atoms with E-state index in [-0.39, 0.29) is 30.4 Å². The monoisotopic (exact) mass is 369 g/mol. The molecule has 0 aliphatic rings. The second kappa shape index (κ2) is 9.96. The van der Waals surface area contributed by atoms with Crippen molar-refractivity contribution >= 4 is 23.2 Å². The van der Waals surface area contributed by atoms with E-state index in [9.17, 15) is 14.7 Å². The number of phenols is 1. The summed E-state index contributed by atoms with van der Waals surface area (Å²) in [4.78, 5) is 23.8. The van der Waals surface area contributed by atoms with Crippen molar-refractivity contribution in [3.63, 3.8) is 0 Å². The first-order chi connectivity index (χ1) is 13.0. The van der Waals surface area contributed by atoms with Crippen molar-refractivity contribution in [3.05, 3.63) is 54.1 Å². The SMILES string of the molecule is CCOc1ccc(NC(=O)CCC(=O)NN=C(C)c2ccccc2O)cc1. The molecule has 0 aromatic heterocycles. The predicted molar refractivity (Wildman–Crippen MR) is 104 cm³/mol. The molecule has 0 radical (unpaired) electrons. The smallest absolute Gasteiger partial charge is 0.240 e. The van der Waals surface area contributed by atoms with Crippen molar-refractivity contribution < 1.29 is 19.4 Å². The Morgan fingerprint density at radius 3 is 2.37 bits per heavy atom. The van der Waals surface area contributed by atoms with Crippen LogP contribution in [0.2, 0.25) is 0 Å². The summed E-state index contributed by atoms with van der Waals surface area (Å²) in [7, 11) is 0. The van der Waals surface area contributed by atoms with Gasteiger partial charge in [-0.25, -0.2) is 5.43 Å². The standard InChI is InChI=1S/C20H23N3O4/c1-3-27-16-10-8-15(9-11-16)21-19(25)12-13-20(26)23-22-14(2)17-6-4-5-7-18(17)24/h4-11,24H,3,12-13H2,1-2H3,(H,21,25)(H,23,26). The predicted octanol–water partition coefficient (Wildman–Crippen LogP) is 3.05. The van der Waals surface area contributed by atoms with Gasteiger partial charge in [0.15, 0.2) is 0 Å². The van der Waals surface area contributed by atoms with Gasteiger partial charge in [0.1, 0.15) is 11.5 Å². The van der Waals surface area contributed by atoms with Crippen LogP contribution in [0.4, 0.5) is 5.69 Å². The quantitative estimate of drug-likeness (QED) is 0.492. The van der Waals surface area contributed by atoms with E-state index in [1.807, 2.05) is 6.92 Å². The van der Waals surface area contributed by atoms with Gasteiger partial charge in [0.05, 0.1) is 12.3 Å². The van der Waals surface area contributed by atoms with Gasteiger partial charge in [-0.2, -0.15) is 5.10 Å².